The fraction of sp³-hybridized carbons (Fsp3) is 0.222. The Kier molecular flexibility index (Phi) is 4.21. The van der Waals surface area contributed by atoms with E-state index in [0.29, 0.717) is 0 Å². The van der Waals surface area contributed by atoms with Crippen LogP contribution in [0.4, 0.5) is 11.4 Å². The topological polar surface area (TPSA) is 124 Å². The minimum absolute atomic E-state index is 0.172. The number of nitro groups is 2. The van der Waals surface area contributed by atoms with Crippen molar-refractivity contribution < 1.29 is 19.7 Å². The first-order valence-electron chi connectivity index (χ1n) is 4.64. The highest BCUT2D eigenvalue weighted by atomic mass is 32.2. The third kappa shape index (κ3) is 3.42. The number of nitrogens with zero attached hydrogens (tertiary/aromatic N) is 2. The molecule has 0 saturated carbocycles. The summed E-state index contributed by atoms with van der Waals surface area (Å²) in [5.74, 6) is -1.10. The van der Waals surface area contributed by atoms with E-state index >= 15 is 0 Å². The molecule has 1 atom stereocenters. The van der Waals surface area contributed by atoms with Gasteiger partial charge in [-0.15, -0.1) is 11.8 Å². The van der Waals surface area contributed by atoms with Crippen molar-refractivity contribution in [2.24, 2.45) is 0 Å². The van der Waals surface area contributed by atoms with Crippen LogP contribution < -0.4 is 0 Å². The first-order valence-corrected chi connectivity index (χ1v) is 5.52. The van der Waals surface area contributed by atoms with E-state index in [1.54, 1.807) is 0 Å². The lowest BCUT2D eigenvalue weighted by atomic mass is 10.3. The number of nitro benzene ring substituents is 2. The fourth-order valence-corrected chi connectivity index (χ4v) is 1.99. The van der Waals surface area contributed by atoms with E-state index in [9.17, 15) is 25.0 Å². The van der Waals surface area contributed by atoms with Gasteiger partial charge in [-0.3, -0.25) is 25.0 Å². The lowest BCUT2D eigenvalue weighted by Gasteiger charge is -2.05. The molecule has 1 aromatic carbocycles. The number of aliphatic carboxylic acids is 1. The average Bonchev–Trinajstić information content (AvgIpc) is 2.28. The minimum atomic E-state index is -1.10. The molecule has 0 amide bonds. The summed E-state index contributed by atoms with van der Waals surface area (Å²) in [6.07, 6.45) is 0. The standard InChI is InChI=1S/C9H8N2O6S/c1-5(9(12)13)18-8-3-6(10(14)15)2-7(4-8)11(16)17/h2-5H,1H3,(H,12,13). The third-order valence-corrected chi connectivity index (χ3v) is 3.02. The number of carboxylic acids is 1. The number of rotatable bonds is 5. The van der Waals surface area contributed by atoms with Crippen molar-refractivity contribution in [2.75, 3.05) is 0 Å². The molecule has 18 heavy (non-hydrogen) atoms. The number of non-ortho nitro benzene ring substituents is 2. The molecule has 1 rings (SSSR count). The van der Waals surface area contributed by atoms with Gasteiger partial charge in [0, 0.05) is 17.0 Å². The van der Waals surface area contributed by atoms with E-state index in [1.807, 2.05) is 0 Å². The maximum atomic E-state index is 10.7. The Morgan fingerprint density at radius 1 is 1.22 bits per heavy atom. The van der Waals surface area contributed by atoms with Gasteiger partial charge in [0.15, 0.2) is 0 Å². The number of carbonyl (C=O) groups is 1. The van der Waals surface area contributed by atoms with Crippen molar-refractivity contribution in [3.8, 4) is 0 Å². The van der Waals surface area contributed by atoms with E-state index < -0.39 is 32.4 Å². The Bertz CT molecular complexity index is 486. The molecule has 0 fully saturated rings. The molecule has 96 valence electrons. The summed E-state index contributed by atoms with van der Waals surface area (Å²) in [4.78, 5) is 30.5. The Balaban J connectivity index is 3.15. The van der Waals surface area contributed by atoms with Gasteiger partial charge in [-0.1, -0.05) is 0 Å². The molecular formula is C9H8N2O6S. The van der Waals surface area contributed by atoms with Gasteiger partial charge in [0.05, 0.1) is 15.9 Å². The van der Waals surface area contributed by atoms with Crippen molar-refractivity contribution in [1.82, 2.24) is 0 Å². The normalized spacial score (nSPS) is 11.8. The average molecular weight is 272 g/mol. The summed E-state index contributed by atoms with van der Waals surface area (Å²) in [7, 11) is 0. The smallest absolute Gasteiger partial charge is 0.316 e. The molecule has 1 aromatic rings. The highest BCUT2D eigenvalue weighted by Crippen LogP contribution is 2.31. The summed E-state index contributed by atoms with van der Waals surface area (Å²) < 4.78 is 0. The van der Waals surface area contributed by atoms with Crippen molar-refractivity contribution in [3.05, 3.63) is 38.4 Å². The first kappa shape index (κ1) is 13.9. The van der Waals surface area contributed by atoms with Gasteiger partial charge in [-0.2, -0.15) is 0 Å². The lowest BCUT2D eigenvalue weighted by Crippen LogP contribution is -2.11. The van der Waals surface area contributed by atoms with Gasteiger partial charge in [0.25, 0.3) is 11.4 Å². The van der Waals surface area contributed by atoms with Crippen LogP contribution >= 0.6 is 11.8 Å². The third-order valence-electron chi connectivity index (χ3n) is 1.96. The molecule has 0 radical (unpaired) electrons. The van der Waals surface area contributed by atoms with Crippen LogP contribution in [0.2, 0.25) is 0 Å². The van der Waals surface area contributed by atoms with E-state index in [4.69, 9.17) is 5.11 Å². The van der Waals surface area contributed by atoms with E-state index in [1.165, 1.54) is 6.92 Å². The molecule has 0 bridgehead atoms. The minimum Gasteiger partial charge on any atom is -0.480 e. The van der Waals surface area contributed by atoms with E-state index in [0.717, 1.165) is 30.0 Å². The van der Waals surface area contributed by atoms with Crippen LogP contribution in [-0.2, 0) is 4.79 Å². The molecule has 0 aliphatic rings. The summed E-state index contributed by atoms with van der Waals surface area (Å²) in [5, 5.41) is 29.1. The van der Waals surface area contributed by atoms with Gasteiger partial charge in [-0.05, 0) is 6.92 Å². The zero-order valence-electron chi connectivity index (χ0n) is 9.10. The highest BCUT2D eigenvalue weighted by Gasteiger charge is 2.19. The molecular weight excluding hydrogens is 264 g/mol. The number of thioether (sulfide) groups is 1. The van der Waals surface area contributed by atoms with Gasteiger partial charge >= 0.3 is 5.97 Å². The predicted octanol–water partition coefficient (Wildman–Crippen LogP) is 2.07. The molecule has 1 unspecified atom stereocenters. The van der Waals surface area contributed by atoms with Crippen LogP contribution in [-0.4, -0.2) is 26.2 Å². The van der Waals surface area contributed by atoms with Crippen LogP contribution in [0.1, 0.15) is 6.92 Å². The molecule has 0 aliphatic heterocycles. The molecule has 0 saturated heterocycles. The van der Waals surface area contributed by atoms with Gasteiger partial charge in [-0.25, -0.2) is 0 Å². The Hall–Kier alpha value is -2.16. The second kappa shape index (κ2) is 5.45. The summed E-state index contributed by atoms with van der Waals surface area (Å²) >= 11 is 0.806. The summed E-state index contributed by atoms with van der Waals surface area (Å²) in [6.45, 7) is 1.39. The summed E-state index contributed by atoms with van der Waals surface area (Å²) in [5.41, 5.74) is -0.881. The largest absolute Gasteiger partial charge is 0.480 e. The highest BCUT2D eigenvalue weighted by molar-refractivity contribution is 8.00. The van der Waals surface area contributed by atoms with Gasteiger partial charge < -0.3 is 5.11 Å². The second-order valence-electron chi connectivity index (χ2n) is 3.30. The SMILES string of the molecule is CC(Sc1cc([N+](=O)[O-])cc([N+](=O)[O-])c1)C(=O)O. The maximum absolute atomic E-state index is 10.7. The van der Waals surface area contributed by atoms with Crippen LogP contribution in [0.3, 0.4) is 0 Å². The number of benzene rings is 1. The molecule has 0 heterocycles. The number of hydrogen-bond acceptors (Lipinski definition) is 6. The molecule has 0 aliphatic carbocycles. The zero-order chi connectivity index (χ0) is 13.9. The van der Waals surface area contributed by atoms with Gasteiger partial charge in [0.2, 0.25) is 0 Å². The van der Waals surface area contributed by atoms with Crippen LogP contribution in [0.15, 0.2) is 23.1 Å². The molecule has 8 nitrogen and oxygen atoms in total. The Morgan fingerprint density at radius 3 is 2.00 bits per heavy atom. The maximum Gasteiger partial charge on any atom is 0.316 e. The quantitative estimate of drug-likeness (QED) is 0.494. The molecule has 0 aromatic heterocycles. The molecule has 9 heteroatoms. The van der Waals surface area contributed by atoms with Crippen molar-refractivity contribution in [2.45, 2.75) is 17.1 Å². The lowest BCUT2D eigenvalue weighted by molar-refractivity contribution is -0.394. The number of carboxylic acid groups (broad SMARTS) is 1. The van der Waals surface area contributed by atoms with Crippen LogP contribution in [0, 0.1) is 20.2 Å². The predicted molar refractivity (Wildman–Crippen MR) is 62.7 cm³/mol. The van der Waals surface area contributed by atoms with Crippen LogP contribution in [0.25, 0.3) is 0 Å². The molecule has 1 N–H and O–H groups in total. The van der Waals surface area contributed by atoms with Crippen LogP contribution in [0.5, 0.6) is 0 Å². The summed E-state index contributed by atoms with van der Waals surface area (Å²) in [6, 6.07) is 3.05. The first-order chi connectivity index (χ1) is 8.31. The Morgan fingerprint density at radius 2 is 1.67 bits per heavy atom. The van der Waals surface area contributed by atoms with Crippen molar-refractivity contribution >= 4 is 29.1 Å². The second-order valence-corrected chi connectivity index (χ2v) is 4.71. The molecule has 0 spiro atoms. The van der Waals surface area contributed by atoms with E-state index in [-0.39, 0.29) is 4.90 Å². The monoisotopic (exact) mass is 272 g/mol. The van der Waals surface area contributed by atoms with Gasteiger partial charge in [0.1, 0.15) is 5.25 Å². The van der Waals surface area contributed by atoms with Crippen molar-refractivity contribution in [1.29, 1.82) is 0 Å². The van der Waals surface area contributed by atoms with E-state index in [2.05, 4.69) is 0 Å². The fourth-order valence-electron chi connectivity index (χ4n) is 1.10. The zero-order valence-corrected chi connectivity index (χ0v) is 9.92. The van der Waals surface area contributed by atoms with Crippen molar-refractivity contribution in [3.63, 3.8) is 0 Å². The number of hydrogen-bond donors (Lipinski definition) is 1. The Labute approximate surface area is 105 Å².